The van der Waals surface area contributed by atoms with Crippen LogP contribution in [0.5, 0.6) is 5.75 Å². The van der Waals surface area contributed by atoms with E-state index in [1.165, 1.54) is 11.1 Å². The fourth-order valence-corrected chi connectivity index (χ4v) is 2.43. The van der Waals surface area contributed by atoms with E-state index in [1.54, 1.807) is 0 Å². The zero-order valence-corrected chi connectivity index (χ0v) is 12.9. The van der Waals surface area contributed by atoms with Crippen LogP contribution in [-0.4, -0.2) is 9.78 Å². The lowest BCUT2D eigenvalue weighted by atomic mass is 10.1. The van der Waals surface area contributed by atoms with Crippen LogP contribution in [0.3, 0.4) is 0 Å². The smallest absolute Gasteiger partial charge is 0.132 e. The lowest BCUT2D eigenvalue weighted by molar-refractivity contribution is 0.295. The van der Waals surface area contributed by atoms with E-state index in [9.17, 15) is 0 Å². The summed E-state index contributed by atoms with van der Waals surface area (Å²) in [5.74, 6) is 0.938. The third kappa shape index (κ3) is 3.41. The van der Waals surface area contributed by atoms with Gasteiger partial charge >= 0.3 is 0 Å². The van der Waals surface area contributed by atoms with Crippen molar-refractivity contribution >= 4 is 0 Å². The summed E-state index contributed by atoms with van der Waals surface area (Å²) in [5.41, 5.74) is 3.41. The minimum Gasteiger partial charge on any atom is -0.487 e. The van der Waals surface area contributed by atoms with E-state index in [0.29, 0.717) is 12.6 Å². The Bertz CT molecular complexity index is 556. The maximum absolute atomic E-state index is 5.86. The molecule has 1 aromatic heterocycles. The van der Waals surface area contributed by atoms with Gasteiger partial charge in [-0.25, -0.2) is 0 Å². The van der Waals surface area contributed by atoms with Gasteiger partial charge in [-0.1, -0.05) is 31.5 Å². The molecule has 2 aromatic rings. The first-order valence-corrected chi connectivity index (χ1v) is 7.38. The van der Waals surface area contributed by atoms with Crippen LogP contribution in [0.15, 0.2) is 30.5 Å². The van der Waals surface area contributed by atoms with Gasteiger partial charge in [0.2, 0.25) is 0 Å². The number of aryl methyl sites for hydroxylation is 2. The van der Waals surface area contributed by atoms with Crippen LogP contribution in [0, 0.1) is 13.8 Å². The topological polar surface area (TPSA) is 27.1 Å². The zero-order chi connectivity index (χ0) is 14.5. The Morgan fingerprint density at radius 2 is 1.90 bits per heavy atom. The number of aromatic nitrogens is 2. The van der Waals surface area contributed by atoms with Crippen molar-refractivity contribution in [2.45, 2.75) is 53.2 Å². The summed E-state index contributed by atoms with van der Waals surface area (Å²) in [4.78, 5) is 0. The summed E-state index contributed by atoms with van der Waals surface area (Å²) in [7, 11) is 0. The van der Waals surface area contributed by atoms with Crippen molar-refractivity contribution in [3.63, 3.8) is 0 Å². The summed E-state index contributed by atoms with van der Waals surface area (Å²) in [6.45, 7) is 9.08. The lowest BCUT2D eigenvalue weighted by Gasteiger charge is -2.12. The Kier molecular flexibility index (Phi) is 4.83. The maximum atomic E-state index is 5.86. The molecule has 0 aliphatic rings. The van der Waals surface area contributed by atoms with Gasteiger partial charge in [-0.05, 0) is 44.4 Å². The van der Waals surface area contributed by atoms with Gasteiger partial charge in [0.15, 0.2) is 0 Å². The van der Waals surface area contributed by atoms with E-state index >= 15 is 0 Å². The lowest BCUT2D eigenvalue weighted by Crippen LogP contribution is -2.08. The van der Waals surface area contributed by atoms with E-state index in [1.807, 2.05) is 12.1 Å². The molecule has 3 heteroatoms. The van der Waals surface area contributed by atoms with Gasteiger partial charge < -0.3 is 4.74 Å². The molecular weight excluding hydrogens is 248 g/mol. The van der Waals surface area contributed by atoms with E-state index < -0.39 is 0 Å². The summed E-state index contributed by atoms with van der Waals surface area (Å²) >= 11 is 0. The van der Waals surface area contributed by atoms with Crippen molar-refractivity contribution in [2.24, 2.45) is 0 Å². The van der Waals surface area contributed by atoms with Crippen molar-refractivity contribution in [1.82, 2.24) is 9.78 Å². The van der Waals surface area contributed by atoms with E-state index in [2.05, 4.69) is 55.8 Å². The number of benzene rings is 1. The molecule has 0 amide bonds. The van der Waals surface area contributed by atoms with Crippen LogP contribution in [0.25, 0.3) is 0 Å². The fourth-order valence-electron chi connectivity index (χ4n) is 2.43. The molecule has 0 bridgehead atoms. The molecule has 1 heterocycles. The molecule has 0 spiro atoms. The van der Waals surface area contributed by atoms with Crippen LogP contribution in [0.2, 0.25) is 0 Å². The first-order valence-electron chi connectivity index (χ1n) is 7.38. The van der Waals surface area contributed by atoms with Crippen molar-refractivity contribution in [3.05, 3.63) is 47.3 Å². The number of ether oxygens (including phenoxy) is 1. The second-order valence-corrected chi connectivity index (χ2v) is 5.32. The molecule has 0 atom stereocenters. The quantitative estimate of drug-likeness (QED) is 0.777. The predicted octanol–water partition coefficient (Wildman–Crippen LogP) is 4.44. The highest BCUT2D eigenvalue weighted by Crippen LogP contribution is 2.20. The maximum Gasteiger partial charge on any atom is 0.132 e. The Morgan fingerprint density at radius 1 is 1.15 bits per heavy atom. The summed E-state index contributed by atoms with van der Waals surface area (Å²) in [6, 6.07) is 8.78. The van der Waals surface area contributed by atoms with E-state index in [4.69, 9.17) is 4.74 Å². The van der Waals surface area contributed by atoms with Gasteiger partial charge in [0, 0.05) is 6.20 Å². The number of hydrogen-bond acceptors (Lipinski definition) is 2. The van der Waals surface area contributed by atoms with Crippen molar-refractivity contribution < 1.29 is 4.74 Å². The van der Waals surface area contributed by atoms with Crippen LogP contribution in [0.4, 0.5) is 0 Å². The van der Waals surface area contributed by atoms with Crippen LogP contribution in [0.1, 0.15) is 49.6 Å². The Morgan fingerprint density at radius 3 is 2.55 bits per heavy atom. The van der Waals surface area contributed by atoms with Crippen molar-refractivity contribution in [3.8, 4) is 5.75 Å². The number of hydrogen-bond donors (Lipinski definition) is 0. The van der Waals surface area contributed by atoms with E-state index in [-0.39, 0.29) is 0 Å². The van der Waals surface area contributed by atoms with Crippen molar-refractivity contribution in [2.75, 3.05) is 0 Å². The molecule has 0 fully saturated rings. The largest absolute Gasteiger partial charge is 0.487 e. The average molecular weight is 272 g/mol. The first-order chi connectivity index (χ1) is 9.63. The van der Waals surface area contributed by atoms with Crippen molar-refractivity contribution in [1.29, 1.82) is 0 Å². The van der Waals surface area contributed by atoms with Gasteiger partial charge in [-0.2, -0.15) is 5.10 Å². The Labute approximate surface area is 121 Å². The summed E-state index contributed by atoms with van der Waals surface area (Å²) < 4.78 is 7.92. The van der Waals surface area contributed by atoms with Gasteiger partial charge in [-0.15, -0.1) is 0 Å². The highest BCUT2D eigenvalue weighted by molar-refractivity contribution is 5.35. The van der Waals surface area contributed by atoms with Gasteiger partial charge in [0.25, 0.3) is 0 Å². The molecular formula is C17H24N2O. The molecule has 1 aromatic carbocycles. The van der Waals surface area contributed by atoms with Gasteiger partial charge in [0.1, 0.15) is 12.4 Å². The summed E-state index contributed by atoms with van der Waals surface area (Å²) in [6.07, 6.45) is 4.27. The second kappa shape index (κ2) is 6.60. The monoisotopic (exact) mass is 272 g/mol. The average Bonchev–Trinajstić information content (AvgIpc) is 2.88. The number of nitrogens with zero attached hydrogens (tertiary/aromatic N) is 2. The standard InChI is InChI=1S/C17H24N2O/c1-5-16(6-2)19-10-9-15(18-19)12-20-17-8-7-13(3)11-14(17)4/h7-11,16H,5-6,12H2,1-4H3. The molecule has 0 saturated heterocycles. The Hall–Kier alpha value is -1.77. The molecule has 0 aliphatic carbocycles. The minimum atomic E-state index is 0.491. The van der Waals surface area contributed by atoms with Crippen LogP contribution in [-0.2, 0) is 6.61 Å². The third-order valence-electron chi connectivity index (χ3n) is 3.69. The Balaban J connectivity index is 2.00. The second-order valence-electron chi connectivity index (χ2n) is 5.32. The number of rotatable bonds is 6. The molecule has 3 nitrogen and oxygen atoms in total. The molecule has 0 N–H and O–H groups in total. The molecule has 108 valence electrons. The molecule has 0 saturated carbocycles. The van der Waals surface area contributed by atoms with Crippen LogP contribution < -0.4 is 4.74 Å². The third-order valence-corrected chi connectivity index (χ3v) is 3.69. The molecule has 2 rings (SSSR count). The van der Waals surface area contributed by atoms with Crippen LogP contribution >= 0.6 is 0 Å². The summed E-state index contributed by atoms with van der Waals surface area (Å²) in [5, 5.41) is 4.61. The minimum absolute atomic E-state index is 0.491. The molecule has 0 aliphatic heterocycles. The zero-order valence-electron chi connectivity index (χ0n) is 12.9. The predicted molar refractivity (Wildman–Crippen MR) is 82.1 cm³/mol. The van der Waals surface area contributed by atoms with Gasteiger partial charge in [0.05, 0.1) is 11.7 Å². The highest BCUT2D eigenvalue weighted by atomic mass is 16.5. The fraction of sp³-hybridized carbons (Fsp3) is 0.471. The normalized spacial score (nSPS) is 11.1. The van der Waals surface area contributed by atoms with E-state index in [0.717, 1.165) is 24.3 Å². The molecule has 0 unspecified atom stereocenters. The van der Waals surface area contributed by atoms with Gasteiger partial charge in [-0.3, -0.25) is 4.68 Å². The highest BCUT2D eigenvalue weighted by Gasteiger charge is 2.08. The molecule has 0 radical (unpaired) electrons. The SMILES string of the molecule is CCC(CC)n1ccc(COc2ccc(C)cc2C)n1. The first kappa shape index (κ1) is 14.6. The molecule has 20 heavy (non-hydrogen) atoms.